The van der Waals surface area contributed by atoms with Crippen LogP contribution >= 0.6 is 0 Å². The summed E-state index contributed by atoms with van der Waals surface area (Å²) < 4.78 is 10.6. The summed E-state index contributed by atoms with van der Waals surface area (Å²) in [5.74, 6) is -0.111. The molecule has 0 aromatic heterocycles. The predicted molar refractivity (Wildman–Crippen MR) is 121 cm³/mol. The van der Waals surface area contributed by atoms with Gasteiger partial charge in [0, 0.05) is 0 Å². The highest BCUT2D eigenvalue weighted by Gasteiger charge is 2.10. The summed E-state index contributed by atoms with van der Waals surface area (Å²) in [7, 11) is 0. The first-order valence-electron chi connectivity index (χ1n) is 10.2. The first-order valence-corrected chi connectivity index (χ1v) is 10.2. The van der Waals surface area contributed by atoms with Crippen molar-refractivity contribution in [1.82, 2.24) is 0 Å². The Balaban J connectivity index is 0.00000106. The van der Waals surface area contributed by atoms with Gasteiger partial charge in [-0.25, -0.2) is 9.59 Å². The zero-order chi connectivity index (χ0) is 22.5. The molecule has 0 bridgehead atoms. The number of carbonyl (C=O) groups excluding carboxylic acids is 2. The van der Waals surface area contributed by atoms with Gasteiger partial charge in [0.25, 0.3) is 0 Å². The maximum Gasteiger partial charge on any atom is 0.343 e. The number of benzene rings is 3. The van der Waals surface area contributed by atoms with Gasteiger partial charge in [-0.2, -0.15) is 0 Å². The molecule has 0 radical (unpaired) electrons. The maximum atomic E-state index is 12.1. The van der Waals surface area contributed by atoms with Crippen molar-refractivity contribution in [2.24, 2.45) is 0 Å². The molecule has 0 unspecified atom stereocenters. The molecule has 0 heterocycles. The fraction of sp³-hybridized carbons (Fsp3) is 0.231. The molecule has 0 aliphatic heterocycles. The monoisotopic (exact) mass is 406 g/mol. The van der Waals surface area contributed by atoms with Gasteiger partial charge < -0.3 is 9.47 Å². The van der Waals surface area contributed by atoms with E-state index in [1.165, 1.54) is 0 Å². The van der Waals surface area contributed by atoms with Crippen LogP contribution in [0.25, 0.3) is 0 Å². The minimum atomic E-state index is -0.436. The van der Waals surface area contributed by atoms with E-state index in [1.807, 2.05) is 65.8 Å². The molecule has 0 amide bonds. The summed E-state index contributed by atoms with van der Waals surface area (Å²) in [4.78, 5) is 24.2. The second-order valence-electron chi connectivity index (χ2n) is 5.98. The summed E-state index contributed by atoms with van der Waals surface area (Å²) in [6.45, 7) is 11.9. The Kier molecular flexibility index (Phi) is 10.6. The Bertz CT molecular complexity index is 830. The van der Waals surface area contributed by atoms with E-state index in [-0.39, 0.29) is 0 Å². The molecule has 0 saturated carbocycles. The molecule has 4 nitrogen and oxygen atoms in total. The number of esters is 2. The largest absolute Gasteiger partial charge is 0.423 e. The molecule has 4 heteroatoms. The highest BCUT2D eigenvalue weighted by Crippen LogP contribution is 2.20. The van der Waals surface area contributed by atoms with Gasteiger partial charge in [0.2, 0.25) is 0 Å². The van der Waals surface area contributed by atoms with Crippen LogP contribution < -0.4 is 9.47 Å². The second-order valence-corrected chi connectivity index (χ2v) is 5.98. The van der Waals surface area contributed by atoms with Crippen LogP contribution in [0.3, 0.4) is 0 Å². The molecule has 30 heavy (non-hydrogen) atoms. The SMILES string of the molecule is CC.CC.Cc1ccc(C(=O)Oc2ccc(OC(=O)c3ccc(C)cc3)cc2)cc1. The van der Waals surface area contributed by atoms with E-state index in [1.54, 1.807) is 48.5 Å². The molecule has 3 aromatic carbocycles. The van der Waals surface area contributed by atoms with Crippen molar-refractivity contribution in [1.29, 1.82) is 0 Å². The Morgan fingerprint density at radius 2 is 0.767 bits per heavy atom. The van der Waals surface area contributed by atoms with E-state index >= 15 is 0 Å². The van der Waals surface area contributed by atoms with Crippen LogP contribution in [0.15, 0.2) is 72.8 Å². The smallest absolute Gasteiger partial charge is 0.343 e. The molecular weight excluding hydrogens is 376 g/mol. The van der Waals surface area contributed by atoms with E-state index in [2.05, 4.69) is 0 Å². The minimum absolute atomic E-state index is 0.380. The van der Waals surface area contributed by atoms with Crippen molar-refractivity contribution in [3.05, 3.63) is 95.1 Å². The van der Waals surface area contributed by atoms with Crippen molar-refractivity contribution < 1.29 is 19.1 Å². The zero-order valence-electron chi connectivity index (χ0n) is 18.6. The first kappa shape index (κ1) is 24.6. The third-order valence-electron chi connectivity index (χ3n) is 3.82. The number of rotatable bonds is 4. The first-order chi connectivity index (χ1) is 14.5. The predicted octanol–water partition coefficient (Wildman–Crippen LogP) is 6.79. The zero-order valence-corrected chi connectivity index (χ0v) is 18.6. The number of hydrogen-bond donors (Lipinski definition) is 0. The van der Waals surface area contributed by atoms with E-state index in [4.69, 9.17) is 9.47 Å². The fourth-order valence-corrected chi connectivity index (χ4v) is 2.29. The number of hydrogen-bond acceptors (Lipinski definition) is 4. The minimum Gasteiger partial charge on any atom is -0.423 e. The van der Waals surface area contributed by atoms with E-state index < -0.39 is 11.9 Å². The molecular formula is C26H30O4. The summed E-state index contributed by atoms with van der Waals surface area (Å²) in [5, 5.41) is 0. The van der Waals surface area contributed by atoms with Gasteiger partial charge >= 0.3 is 11.9 Å². The Morgan fingerprint density at radius 3 is 1.03 bits per heavy atom. The molecule has 0 saturated heterocycles. The third kappa shape index (κ3) is 7.55. The van der Waals surface area contributed by atoms with Crippen molar-refractivity contribution in [2.75, 3.05) is 0 Å². The summed E-state index contributed by atoms with van der Waals surface area (Å²) in [5.41, 5.74) is 3.10. The van der Waals surface area contributed by atoms with Crippen LogP contribution in [-0.4, -0.2) is 11.9 Å². The maximum absolute atomic E-state index is 12.1. The molecule has 0 aliphatic rings. The summed E-state index contributed by atoms with van der Waals surface area (Å²) in [6, 6.07) is 20.6. The van der Waals surface area contributed by atoms with Gasteiger partial charge in [-0.3, -0.25) is 0 Å². The normalized spacial score (nSPS) is 9.27. The molecule has 0 atom stereocenters. The van der Waals surface area contributed by atoms with Crippen molar-refractivity contribution >= 4 is 11.9 Å². The van der Waals surface area contributed by atoms with Crippen molar-refractivity contribution in [2.45, 2.75) is 41.5 Å². The number of carbonyl (C=O) groups is 2. The van der Waals surface area contributed by atoms with Gasteiger partial charge in [0.05, 0.1) is 11.1 Å². The van der Waals surface area contributed by atoms with Crippen LogP contribution in [-0.2, 0) is 0 Å². The number of ether oxygens (including phenoxy) is 2. The van der Waals surface area contributed by atoms with Gasteiger partial charge in [-0.15, -0.1) is 0 Å². The van der Waals surface area contributed by atoms with Gasteiger partial charge in [0.1, 0.15) is 11.5 Å². The van der Waals surface area contributed by atoms with Gasteiger partial charge in [0.15, 0.2) is 0 Å². The quantitative estimate of drug-likeness (QED) is 0.353. The lowest BCUT2D eigenvalue weighted by atomic mass is 10.1. The van der Waals surface area contributed by atoms with Gasteiger partial charge in [-0.1, -0.05) is 63.1 Å². The lowest BCUT2D eigenvalue weighted by Crippen LogP contribution is -2.09. The molecule has 0 spiro atoms. The molecule has 3 aromatic rings. The molecule has 0 aliphatic carbocycles. The van der Waals surface area contributed by atoms with Crippen molar-refractivity contribution in [3.63, 3.8) is 0 Å². The van der Waals surface area contributed by atoms with Crippen LogP contribution in [0, 0.1) is 13.8 Å². The van der Waals surface area contributed by atoms with Crippen LogP contribution in [0.5, 0.6) is 11.5 Å². The lowest BCUT2D eigenvalue weighted by molar-refractivity contribution is 0.0719. The standard InChI is InChI=1S/C22H18O4.2C2H6/c1-15-3-7-17(8-4-15)21(23)25-19-11-13-20(14-12-19)26-22(24)18-9-5-16(2)6-10-18;2*1-2/h3-14H,1-2H3;2*1-2H3. The Morgan fingerprint density at radius 1 is 0.500 bits per heavy atom. The topological polar surface area (TPSA) is 52.6 Å². The fourth-order valence-electron chi connectivity index (χ4n) is 2.29. The molecule has 0 fully saturated rings. The van der Waals surface area contributed by atoms with E-state index in [0.717, 1.165) is 11.1 Å². The van der Waals surface area contributed by atoms with E-state index in [9.17, 15) is 9.59 Å². The van der Waals surface area contributed by atoms with Crippen LogP contribution in [0.4, 0.5) is 0 Å². The average Bonchev–Trinajstić information content (AvgIpc) is 2.78. The lowest BCUT2D eigenvalue weighted by Gasteiger charge is -2.07. The van der Waals surface area contributed by atoms with Gasteiger partial charge in [-0.05, 0) is 62.4 Å². The van der Waals surface area contributed by atoms with E-state index in [0.29, 0.717) is 22.6 Å². The highest BCUT2D eigenvalue weighted by molar-refractivity contribution is 5.91. The summed E-state index contributed by atoms with van der Waals surface area (Å²) in [6.07, 6.45) is 0. The number of aryl methyl sites for hydroxylation is 2. The average molecular weight is 407 g/mol. The Hall–Kier alpha value is -3.40. The Labute approximate surface area is 179 Å². The molecule has 0 N–H and O–H groups in total. The molecule has 3 rings (SSSR count). The summed E-state index contributed by atoms with van der Waals surface area (Å²) >= 11 is 0. The van der Waals surface area contributed by atoms with Crippen LogP contribution in [0.1, 0.15) is 59.5 Å². The third-order valence-corrected chi connectivity index (χ3v) is 3.82. The highest BCUT2D eigenvalue weighted by atomic mass is 16.5. The second kappa shape index (κ2) is 12.9. The van der Waals surface area contributed by atoms with Crippen LogP contribution in [0.2, 0.25) is 0 Å². The molecule has 158 valence electrons. The van der Waals surface area contributed by atoms with Crippen molar-refractivity contribution in [3.8, 4) is 11.5 Å².